The lowest BCUT2D eigenvalue weighted by molar-refractivity contribution is -0.158. The fourth-order valence-corrected chi connectivity index (χ4v) is 1.83. The maximum atomic E-state index is 11.3. The van der Waals surface area contributed by atoms with Gasteiger partial charge in [0, 0.05) is 0 Å². The average Bonchev–Trinajstić information content (AvgIpc) is 2.43. The van der Waals surface area contributed by atoms with Gasteiger partial charge in [0.05, 0.1) is 12.2 Å². The average molecular weight is 282 g/mol. The Kier molecular flexibility index (Phi) is 4.46. The highest BCUT2D eigenvalue weighted by molar-refractivity contribution is 5.74. The number of benzene rings is 1. The van der Waals surface area contributed by atoms with E-state index in [0.29, 0.717) is 30.3 Å². The number of ether oxygens (including phenoxy) is 3. The van der Waals surface area contributed by atoms with Crippen molar-refractivity contribution in [1.29, 1.82) is 0 Å². The number of aliphatic hydroxyl groups is 1. The van der Waals surface area contributed by atoms with Crippen molar-refractivity contribution in [2.24, 2.45) is 0 Å². The molecule has 110 valence electrons. The molecule has 0 radical (unpaired) electrons. The molecule has 0 bridgehead atoms. The zero-order valence-electron chi connectivity index (χ0n) is 11.4. The van der Waals surface area contributed by atoms with E-state index in [0.717, 1.165) is 0 Å². The number of carboxylic acids is 1. The summed E-state index contributed by atoms with van der Waals surface area (Å²) in [7, 11) is 0. The Morgan fingerprint density at radius 1 is 1.25 bits per heavy atom. The Bertz CT molecular complexity index is 485. The molecule has 1 aromatic carbocycles. The third-order valence-corrected chi connectivity index (χ3v) is 3.12. The number of fused-ring (bicyclic) bond motifs is 1. The number of aliphatic hydroxyl groups excluding tert-OH is 1. The van der Waals surface area contributed by atoms with Crippen LogP contribution in [-0.2, 0) is 9.53 Å². The highest BCUT2D eigenvalue weighted by atomic mass is 16.6. The largest absolute Gasteiger partial charge is 0.486 e. The molecule has 1 aliphatic heterocycles. The van der Waals surface area contributed by atoms with E-state index >= 15 is 0 Å². The topological polar surface area (TPSA) is 85.2 Å². The van der Waals surface area contributed by atoms with Crippen molar-refractivity contribution >= 4 is 5.97 Å². The predicted molar refractivity (Wildman–Crippen MR) is 70.0 cm³/mol. The Balaban J connectivity index is 2.23. The molecule has 20 heavy (non-hydrogen) atoms. The van der Waals surface area contributed by atoms with Gasteiger partial charge in [-0.25, -0.2) is 4.79 Å². The summed E-state index contributed by atoms with van der Waals surface area (Å²) in [5.41, 5.74) is 0.453. The molecule has 2 rings (SSSR count). The van der Waals surface area contributed by atoms with Gasteiger partial charge >= 0.3 is 5.97 Å². The van der Waals surface area contributed by atoms with Crippen LogP contribution in [0.2, 0.25) is 0 Å². The van der Waals surface area contributed by atoms with Crippen LogP contribution in [-0.4, -0.2) is 41.6 Å². The van der Waals surface area contributed by atoms with Gasteiger partial charge in [-0.1, -0.05) is 6.07 Å². The minimum absolute atomic E-state index is 0.430. The van der Waals surface area contributed by atoms with Crippen LogP contribution >= 0.6 is 0 Å². The molecule has 3 unspecified atom stereocenters. The fourth-order valence-electron chi connectivity index (χ4n) is 1.83. The van der Waals surface area contributed by atoms with Gasteiger partial charge in [-0.15, -0.1) is 0 Å². The third kappa shape index (κ3) is 3.20. The highest BCUT2D eigenvalue weighted by Crippen LogP contribution is 2.34. The van der Waals surface area contributed by atoms with E-state index in [9.17, 15) is 15.0 Å². The van der Waals surface area contributed by atoms with Gasteiger partial charge in [-0.2, -0.15) is 0 Å². The van der Waals surface area contributed by atoms with Crippen LogP contribution < -0.4 is 9.47 Å². The summed E-state index contributed by atoms with van der Waals surface area (Å²) in [4.78, 5) is 11.3. The first-order valence-corrected chi connectivity index (χ1v) is 6.45. The summed E-state index contributed by atoms with van der Waals surface area (Å²) in [6.07, 6.45) is -2.51. The van der Waals surface area contributed by atoms with Gasteiger partial charge < -0.3 is 24.4 Å². The SMILES string of the molecule is CC(O)C(C)OC(C(=O)O)c1ccc2c(c1)OCCO2. The first kappa shape index (κ1) is 14.6. The molecule has 0 saturated heterocycles. The molecular formula is C14H18O6. The van der Waals surface area contributed by atoms with Crippen LogP contribution in [0.3, 0.4) is 0 Å². The van der Waals surface area contributed by atoms with Crippen molar-refractivity contribution in [3.63, 3.8) is 0 Å². The molecule has 1 aliphatic rings. The molecule has 1 heterocycles. The lowest BCUT2D eigenvalue weighted by atomic mass is 10.1. The lowest BCUT2D eigenvalue weighted by Gasteiger charge is -2.23. The zero-order valence-corrected chi connectivity index (χ0v) is 11.4. The predicted octanol–water partition coefficient (Wildman–Crippen LogP) is 1.37. The Labute approximate surface area is 116 Å². The van der Waals surface area contributed by atoms with Crippen LogP contribution in [0, 0.1) is 0 Å². The van der Waals surface area contributed by atoms with Gasteiger partial charge in [0.2, 0.25) is 0 Å². The molecule has 0 fully saturated rings. The van der Waals surface area contributed by atoms with Gasteiger partial charge in [0.1, 0.15) is 13.2 Å². The Morgan fingerprint density at radius 3 is 2.50 bits per heavy atom. The standard InChI is InChI=1S/C14H18O6/c1-8(15)9(2)20-13(14(16)17)10-3-4-11-12(7-10)19-6-5-18-11/h3-4,7-9,13,15H,5-6H2,1-2H3,(H,16,17). The van der Waals surface area contributed by atoms with Crippen molar-refractivity contribution in [2.45, 2.75) is 32.2 Å². The van der Waals surface area contributed by atoms with Crippen molar-refractivity contribution in [2.75, 3.05) is 13.2 Å². The molecule has 2 N–H and O–H groups in total. The van der Waals surface area contributed by atoms with Crippen LogP contribution in [0.4, 0.5) is 0 Å². The van der Waals surface area contributed by atoms with Crippen molar-refractivity contribution in [3.8, 4) is 11.5 Å². The van der Waals surface area contributed by atoms with Gasteiger partial charge in [0.25, 0.3) is 0 Å². The second-order valence-corrected chi connectivity index (χ2v) is 4.70. The molecule has 6 nitrogen and oxygen atoms in total. The summed E-state index contributed by atoms with van der Waals surface area (Å²) in [6.45, 7) is 4.08. The summed E-state index contributed by atoms with van der Waals surface area (Å²) in [5.74, 6) is -0.0183. The highest BCUT2D eigenvalue weighted by Gasteiger charge is 2.26. The quantitative estimate of drug-likeness (QED) is 0.848. The second kappa shape index (κ2) is 6.11. The lowest BCUT2D eigenvalue weighted by Crippen LogP contribution is -2.28. The molecule has 0 aliphatic carbocycles. The Morgan fingerprint density at radius 2 is 1.90 bits per heavy atom. The number of rotatable bonds is 5. The van der Waals surface area contributed by atoms with Crippen molar-refractivity contribution in [3.05, 3.63) is 23.8 Å². The van der Waals surface area contributed by atoms with E-state index in [1.807, 2.05) is 0 Å². The maximum Gasteiger partial charge on any atom is 0.337 e. The number of hydrogen-bond acceptors (Lipinski definition) is 5. The first-order chi connectivity index (χ1) is 9.49. The summed E-state index contributed by atoms with van der Waals surface area (Å²) >= 11 is 0. The molecule has 0 amide bonds. The number of carbonyl (C=O) groups is 1. The van der Waals surface area contributed by atoms with Crippen LogP contribution in [0.15, 0.2) is 18.2 Å². The number of carboxylic acid groups (broad SMARTS) is 1. The summed E-state index contributed by atoms with van der Waals surface area (Å²) in [5, 5.41) is 18.7. The first-order valence-electron chi connectivity index (χ1n) is 6.45. The molecule has 0 spiro atoms. The second-order valence-electron chi connectivity index (χ2n) is 4.70. The molecule has 0 saturated carbocycles. The monoisotopic (exact) mass is 282 g/mol. The summed E-state index contributed by atoms with van der Waals surface area (Å²) in [6, 6.07) is 4.89. The number of aliphatic carboxylic acids is 1. The van der Waals surface area contributed by atoms with Crippen molar-refractivity contribution < 1.29 is 29.2 Å². The minimum Gasteiger partial charge on any atom is -0.486 e. The van der Waals surface area contributed by atoms with E-state index in [2.05, 4.69) is 0 Å². The summed E-state index contributed by atoms with van der Waals surface area (Å²) < 4.78 is 16.2. The Hall–Kier alpha value is -1.79. The normalized spacial score (nSPS) is 18.1. The molecule has 0 aromatic heterocycles. The van der Waals surface area contributed by atoms with E-state index < -0.39 is 24.3 Å². The molecule has 3 atom stereocenters. The van der Waals surface area contributed by atoms with Crippen LogP contribution in [0.1, 0.15) is 25.5 Å². The van der Waals surface area contributed by atoms with Gasteiger partial charge in [-0.05, 0) is 31.5 Å². The van der Waals surface area contributed by atoms with E-state index in [4.69, 9.17) is 14.2 Å². The number of hydrogen-bond donors (Lipinski definition) is 2. The van der Waals surface area contributed by atoms with Gasteiger partial charge in [-0.3, -0.25) is 0 Å². The van der Waals surface area contributed by atoms with Crippen LogP contribution in [0.5, 0.6) is 11.5 Å². The van der Waals surface area contributed by atoms with Crippen LogP contribution in [0.25, 0.3) is 0 Å². The van der Waals surface area contributed by atoms with Gasteiger partial charge in [0.15, 0.2) is 17.6 Å². The fraction of sp³-hybridized carbons (Fsp3) is 0.500. The molecule has 1 aromatic rings. The molecule has 6 heteroatoms. The minimum atomic E-state index is -1.16. The van der Waals surface area contributed by atoms with E-state index in [1.165, 1.54) is 0 Å². The third-order valence-electron chi connectivity index (χ3n) is 3.12. The van der Waals surface area contributed by atoms with E-state index in [1.54, 1.807) is 32.0 Å². The van der Waals surface area contributed by atoms with E-state index in [-0.39, 0.29) is 0 Å². The zero-order chi connectivity index (χ0) is 14.7. The van der Waals surface area contributed by atoms with Crippen molar-refractivity contribution in [1.82, 2.24) is 0 Å². The maximum absolute atomic E-state index is 11.3. The molecular weight excluding hydrogens is 264 g/mol. The smallest absolute Gasteiger partial charge is 0.337 e.